The van der Waals surface area contributed by atoms with E-state index in [1.54, 1.807) is 6.20 Å². The van der Waals surface area contributed by atoms with Gasteiger partial charge in [-0.15, -0.1) is 0 Å². The van der Waals surface area contributed by atoms with Crippen molar-refractivity contribution in [1.29, 1.82) is 0 Å². The molecule has 0 aliphatic carbocycles. The summed E-state index contributed by atoms with van der Waals surface area (Å²) in [4.78, 5) is 11.3. The molecule has 2 amide bonds. The monoisotopic (exact) mass is 296 g/mol. The SMILES string of the molecule is CC(C)CNC(=O)N/C=C/c1cccc(Br)c1. The standard InChI is InChI=1S/C13H17BrN2O/c1-10(2)9-16-13(17)15-7-6-11-4-3-5-12(14)8-11/h3-8,10H,9H2,1-2H3,(H2,15,16,17)/b7-6+. The van der Waals surface area contributed by atoms with Crippen LogP contribution in [-0.4, -0.2) is 12.6 Å². The van der Waals surface area contributed by atoms with Crippen LogP contribution >= 0.6 is 15.9 Å². The minimum absolute atomic E-state index is 0.176. The van der Waals surface area contributed by atoms with Crippen LogP contribution < -0.4 is 10.6 Å². The van der Waals surface area contributed by atoms with Crippen LogP contribution in [0.1, 0.15) is 19.4 Å². The Labute approximate surface area is 110 Å². The Morgan fingerprint density at radius 2 is 2.24 bits per heavy atom. The maximum Gasteiger partial charge on any atom is 0.318 e. The number of hydrogen-bond acceptors (Lipinski definition) is 1. The first kappa shape index (κ1) is 13.8. The average Bonchev–Trinajstić information content (AvgIpc) is 2.26. The van der Waals surface area contributed by atoms with Gasteiger partial charge in [0, 0.05) is 17.2 Å². The van der Waals surface area contributed by atoms with E-state index in [9.17, 15) is 4.79 Å². The molecule has 0 aromatic heterocycles. The number of carbonyl (C=O) groups excluding carboxylic acids is 1. The molecular weight excluding hydrogens is 280 g/mol. The Hall–Kier alpha value is -1.29. The molecule has 3 nitrogen and oxygen atoms in total. The second-order valence-corrected chi connectivity index (χ2v) is 5.05. The van der Waals surface area contributed by atoms with Gasteiger partial charge in [-0.25, -0.2) is 4.79 Å². The fraction of sp³-hybridized carbons (Fsp3) is 0.308. The first-order valence-electron chi connectivity index (χ1n) is 5.54. The van der Waals surface area contributed by atoms with E-state index in [-0.39, 0.29) is 6.03 Å². The number of carbonyl (C=O) groups is 1. The van der Waals surface area contributed by atoms with Crippen LogP contribution in [0.5, 0.6) is 0 Å². The van der Waals surface area contributed by atoms with Crippen molar-refractivity contribution in [3.05, 3.63) is 40.5 Å². The number of urea groups is 1. The van der Waals surface area contributed by atoms with E-state index >= 15 is 0 Å². The highest BCUT2D eigenvalue weighted by molar-refractivity contribution is 9.10. The molecule has 0 fully saturated rings. The average molecular weight is 297 g/mol. The molecule has 1 rings (SSSR count). The lowest BCUT2D eigenvalue weighted by atomic mass is 10.2. The topological polar surface area (TPSA) is 41.1 Å². The normalized spacial score (nSPS) is 10.8. The second-order valence-electron chi connectivity index (χ2n) is 4.14. The molecule has 17 heavy (non-hydrogen) atoms. The van der Waals surface area contributed by atoms with Crippen molar-refractivity contribution in [2.75, 3.05) is 6.54 Å². The number of halogens is 1. The van der Waals surface area contributed by atoms with Gasteiger partial charge >= 0.3 is 6.03 Å². The van der Waals surface area contributed by atoms with E-state index in [2.05, 4.69) is 40.4 Å². The Bertz CT molecular complexity index is 402. The highest BCUT2D eigenvalue weighted by Gasteiger charge is 1.98. The Balaban J connectivity index is 2.37. The molecule has 0 aliphatic heterocycles. The lowest BCUT2D eigenvalue weighted by Gasteiger charge is -2.06. The van der Waals surface area contributed by atoms with Crippen molar-refractivity contribution in [2.45, 2.75) is 13.8 Å². The molecule has 0 radical (unpaired) electrons. The number of benzene rings is 1. The summed E-state index contributed by atoms with van der Waals surface area (Å²) in [6.07, 6.45) is 3.48. The van der Waals surface area contributed by atoms with Crippen LogP contribution in [-0.2, 0) is 0 Å². The molecule has 1 aromatic rings. The third-order valence-corrected chi connectivity index (χ3v) is 2.50. The molecule has 1 aromatic carbocycles. The van der Waals surface area contributed by atoms with Gasteiger partial charge in [-0.05, 0) is 29.7 Å². The van der Waals surface area contributed by atoms with Gasteiger partial charge in [-0.1, -0.05) is 41.9 Å². The Kier molecular flexibility index (Phi) is 5.77. The highest BCUT2D eigenvalue weighted by atomic mass is 79.9. The third-order valence-electron chi connectivity index (χ3n) is 2.01. The zero-order valence-corrected chi connectivity index (χ0v) is 11.6. The first-order valence-corrected chi connectivity index (χ1v) is 6.33. The van der Waals surface area contributed by atoms with Gasteiger partial charge < -0.3 is 10.6 Å². The zero-order chi connectivity index (χ0) is 12.7. The van der Waals surface area contributed by atoms with Crippen molar-refractivity contribution in [2.24, 2.45) is 5.92 Å². The van der Waals surface area contributed by atoms with Gasteiger partial charge in [0.25, 0.3) is 0 Å². The van der Waals surface area contributed by atoms with Gasteiger partial charge in [-0.2, -0.15) is 0 Å². The van der Waals surface area contributed by atoms with E-state index < -0.39 is 0 Å². The lowest BCUT2D eigenvalue weighted by Crippen LogP contribution is -2.34. The first-order chi connectivity index (χ1) is 8.08. The molecule has 0 bridgehead atoms. The van der Waals surface area contributed by atoms with Gasteiger partial charge in [0.05, 0.1) is 0 Å². The molecule has 0 aliphatic rings. The van der Waals surface area contributed by atoms with Gasteiger partial charge in [-0.3, -0.25) is 0 Å². The number of hydrogen-bond donors (Lipinski definition) is 2. The number of rotatable bonds is 4. The predicted molar refractivity (Wildman–Crippen MR) is 74.5 cm³/mol. The molecule has 2 N–H and O–H groups in total. The maximum atomic E-state index is 11.3. The quantitative estimate of drug-likeness (QED) is 0.879. The van der Waals surface area contributed by atoms with Crippen molar-refractivity contribution >= 4 is 28.0 Å². The molecule has 0 heterocycles. The molecule has 0 saturated carbocycles. The molecule has 4 heteroatoms. The summed E-state index contributed by atoms with van der Waals surface area (Å²) in [5.41, 5.74) is 1.03. The lowest BCUT2D eigenvalue weighted by molar-refractivity contribution is 0.243. The molecule has 0 saturated heterocycles. The van der Waals surface area contributed by atoms with Crippen LogP contribution in [0, 0.1) is 5.92 Å². The molecule has 0 unspecified atom stereocenters. The predicted octanol–water partition coefficient (Wildman–Crippen LogP) is 3.38. The smallest absolute Gasteiger partial charge is 0.318 e. The van der Waals surface area contributed by atoms with Gasteiger partial charge in [0.15, 0.2) is 0 Å². The molecule has 0 spiro atoms. The summed E-state index contributed by atoms with van der Waals surface area (Å²) < 4.78 is 1.02. The molecule has 0 atom stereocenters. The van der Waals surface area contributed by atoms with E-state index in [4.69, 9.17) is 0 Å². The maximum absolute atomic E-state index is 11.3. The van der Waals surface area contributed by atoms with E-state index in [0.29, 0.717) is 12.5 Å². The third kappa shape index (κ3) is 6.12. The van der Waals surface area contributed by atoms with Crippen molar-refractivity contribution < 1.29 is 4.79 Å². The van der Waals surface area contributed by atoms with E-state index in [1.807, 2.05) is 30.3 Å². The van der Waals surface area contributed by atoms with Crippen LogP contribution in [0.25, 0.3) is 6.08 Å². The van der Waals surface area contributed by atoms with Crippen molar-refractivity contribution in [1.82, 2.24) is 10.6 Å². The largest absolute Gasteiger partial charge is 0.338 e. The summed E-state index contributed by atoms with van der Waals surface area (Å²) in [5.74, 6) is 0.454. The summed E-state index contributed by atoms with van der Waals surface area (Å²) in [6.45, 7) is 4.78. The summed E-state index contributed by atoms with van der Waals surface area (Å²) >= 11 is 3.39. The van der Waals surface area contributed by atoms with Crippen LogP contribution in [0.15, 0.2) is 34.9 Å². The van der Waals surface area contributed by atoms with Crippen molar-refractivity contribution in [3.63, 3.8) is 0 Å². The summed E-state index contributed by atoms with van der Waals surface area (Å²) in [5, 5.41) is 5.43. The van der Waals surface area contributed by atoms with Crippen LogP contribution in [0.3, 0.4) is 0 Å². The fourth-order valence-corrected chi connectivity index (χ4v) is 1.59. The van der Waals surface area contributed by atoms with Crippen LogP contribution in [0.2, 0.25) is 0 Å². The minimum Gasteiger partial charge on any atom is -0.338 e. The Morgan fingerprint density at radius 3 is 2.88 bits per heavy atom. The van der Waals surface area contributed by atoms with E-state index in [0.717, 1.165) is 10.0 Å². The Morgan fingerprint density at radius 1 is 1.47 bits per heavy atom. The van der Waals surface area contributed by atoms with Gasteiger partial charge in [0.1, 0.15) is 0 Å². The zero-order valence-electron chi connectivity index (χ0n) is 10.0. The molecule has 92 valence electrons. The number of amides is 2. The van der Waals surface area contributed by atoms with Gasteiger partial charge in [0.2, 0.25) is 0 Å². The van der Waals surface area contributed by atoms with E-state index in [1.165, 1.54) is 0 Å². The molecular formula is C13H17BrN2O. The minimum atomic E-state index is -0.176. The van der Waals surface area contributed by atoms with Crippen molar-refractivity contribution in [3.8, 4) is 0 Å². The second kappa shape index (κ2) is 7.12. The number of nitrogens with one attached hydrogen (secondary N) is 2. The summed E-state index contributed by atoms with van der Waals surface area (Å²) in [6, 6.07) is 7.67. The highest BCUT2D eigenvalue weighted by Crippen LogP contribution is 2.12. The fourth-order valence-electron chi connectivity index (χ4n) is 1.17. The summed E-state index contributed by atoms with van der Waals surface area (Å²) in [7, 11) is 0. The van der Waals surface area contributed by atoms with Crippen LogP contribution in [0.4, 0.5) is 4.79 Å².